The van der Waals surface area contributed by atoms with Crippen LogP contribution in [0.25, 0.3) is 0 Å². The van der Waals surface area contributed by atoms with E-state index in [4.69, 9.17) is 0 Å². The maximum atomic E-state index is 2.41. The summed E-state index contributed by atoms with van der Waals surface area (Å²) >= 11 is 0. The molecular weight excluding hydrogens is 156 g/mol. The number of hydrogen-bond donors (Lipinski definition) is 0. The molecule has 0 heterocycles. The minimum Gasteiger partial charge on any atom is -0.0882 e. The molecule has 0 fully saturated rings. The molecule has 3 unspecified atom stereocenters. The van der Waals surface area contributed by atoms with Crippen LogP contribution in [0, 0.1) is 17.8 Å². The van der Waals surface area contributed by atoms with Crippen molar-refractivity contribution in [1.29, 1.82) is 0 Å². The van der Waals surface area contributed by atoms with Crippen molar-refractivity contribution < 1.29 is 0 Å². The molecule has 0 aromatic heterocycles. The first-order chi connectivity index (χ1) is 6.45. The molecule has 0 nitrogen and oxygen atoms in total. The molecule has 0 amide bonds. The fourth-order valence-corrected chi connectivity index (χ4v) is 2.79. The molecular formula is C13H14. The molecule has 0 bridgehead atoms. The second-order valence-corrected chi connectivity index (χ2v) is 4.21. The Bertz CT molecular complexity index is 328. The van der Waals surface area contributed by atoms with Gasteiger partial charge in [-0.3, -0.25) is 0 Å². The van der Waals surface area contributed by atoms with Crippen LogP contribution in [0.1, 0.15) is 12.8 Å². The van der Waals surface area contributed by atoms with E-state index in [1.165, 1.54) is 18.4 Å². The van der Waals surface area contributed by atoms with Gasteiger partial charge in [-0.25, -0.2) is 0 Å². The topological polar surface area (TPSA) is 0 Å². The van der Waals surface area contributed by atoms with Gasteiger partial charge < -0.3 is 0 Å². The Kier molecular flexibility index (Phi) is 1.55. The minimum absolute atomic E-state index is 0.722. The molecule has 0 aromatic rings. The first kappa shape index (κ1) is 7.37. The van der Waals surface area contributed by atoms with E-state index in [9.17, 15) is 0 Å². The Morgan fingerprint density at radius 3 is 3.00 bits per heavy atom. The van der Waals surface area contributed by atoms with E-state index >= 15 is 0 Å². The van der Waals surface area contributed by atoms with Crippen molar-refractivity contribution in [1.82, 2.24) is 0 Å². The number of rotatable bonds is 0. The van der Waals surface area contributed by atoms with Crippen LogP contribution in [0.4, 0.5) is 0 Å². The zero-order valence-corrected chi connectivity index (χ0v) is 7.69. The zero-order chi connectivity index (χ0) is 8.67. The van der Waals surface area contributed by atoms with Crippen LogP contribution >= 0.6 is 0 Å². The lowest BCUT2D eigenvalue weighted by atomic mass is 9.70. The van der Waals surface area contributed by atoms with Crippen LogP contribution in [-0.4, -0.2) is 0 Å². The van der Waals surface area contributed by atoms with E-state index in [2.05, 4.69) is 42.5 Å². The minimum atomic E-state index is 0.722. The second kappa shape index (κ2) is 2.73. The Balaban J connectivity index is 1.99. The predicted octanol–water partition coefficient (Wildman–Crippen LogP) is 3.25. The molecule has 3 aliphatic carbocycles. The normalized spacial score (nSPS) is 40.0. The van der Waals surface area contributed by atoms with Crippen LogP contribution < -0.4 is 0 Å². The molecule has 3 aliphatic rings. The molecule has 0 saturated carbocycles. The number of allylic oxidation sites excluding steroid dienone is 8. The molecule has 0 aliphatic heterocycles. The largest absolute Gasteiger partial charge is 0.0882 e. The van der Waals surface area contributed by atoms with Gasteiger partial charge in [0, 0.05) is 5.92 Å². The van der Waals surface area contributed by atoms with Gasteiger partial charge in [-0.2, -0.15) is 0 Å². The number of fused-ring (bicyclic) bond motifs is 3. The Morgan fingerprint density at radius 1 is 1.08 bits per heavy atom. The smallest absolute Gasteiger partial charge is 0.00579 e. The van der Waals surface area contributed by atoms with Gasteiger partial charge in [0.15, 0.2) is 0 Å². The Hall–Kier alpha value is -1.04. The lowest BCUT2D eigenvalue weighted by molar-refractivity contribution is 0.321. The highest BCUT2D eigenvalue weighted by molar-refractivity contribution is 5.39. The molecule has 66 valence electrons. The quantitative estimate of drug-likeness (QED) is 0.489. The Labute approximate surface area is 79.3 Å². The standard InChI is InChI=1S/C13H14/c1-2-6-12-10(4-1)8-9-11-5-3-7-13(11)12/h1-3,5,7-10,12-13H,4,6H2. The lowest BCUT2D eigenvalue weighted by Gasteiger charge is -2.34. The predicted molar refractivity (Wildman–Crippen MR) is 55.2 cm³/mol. The van der Waals surface area contributed by atoms with Crippen molar-refractivity contribution in [3.8, 4) is 0 Å². The van der Waals surface area contributed by atoms with Crippen molar-refractivity contribution in [2.75, 3.05) is 0 Å². The molecule has 0 saturated heterocycles. The lowest BCUT2D eigenvalue weighted by Crippen LogP contribution is -2.25. The number of hydrogen-bond acceptors (Lipinski definition) is 0. The van der Waals surface area contributed by atoms with E-state index in [1.807, 2.05) is 0 Å². The zero-order valence-electron chi connectivity index (χ0n) is 7.69. The van der Waals surface area contributed by atoms with Crippen molar-refractivity contribution in [3.05, 3.63) is 48.1 Å². The maximum absolute atomic E-state index is 2.41. The second-order valence-electron chi connectivity index (χ2n) is 4.21. The molecule has 0 spiro atoms. The highest BCUT2D eigenvalue weighted by atomic mass is 14.4. The van der Waals surface area contributed by atoms with E-state index in [0.29, 0.717) is 0 Å². The fourth-order valence-electron chi connectivity index (χ4n) is 2.79. The summed E-state index contributed by atoms with van der Waals surface area (Å²) in [5.41, 5.74) is 1.52. The van der Waals surface area contributed by atoms with Gasteiger partial charge in [0.25, 0.3) is 0 Å². The highest BCUT2D eigenvalue weighted by Crippen LogP contribution is 2.42. The van der Waals surface area contributed by atoms with Gasteiger partial charge in [-0.05, 0) is 30.3 Å². The van der Waals surface area contributed by atoms with Gasteiger partial charge in [0.2, 0.25) is 0 Å². The van der Waals surface area contributed by atoms with Gasteiger partial charge in [-0.15, -0.1) is 0 Å². The molecule has 0 heteroatoms. The van der Waals surface area contributed by atoms with E-state index in [-0.39, 0.29) is 0 Å². The third-order valence-corrected chi connectivity index (χ3v) is 3.52. The third kappa shape index (κ3) is 1.05. The highest BCUT2D eigenvalue weighted by Gasteiger charge is 2.32. The SMILES string of the molecule is C1=CC2C(=C1)C=CC1CC=CCC12. The molecule has 13 heavy (non-hydrogen) atoms. The average Bonchev–Trinajstić information content (AvgIpc) is 2.65. The van der Waals surface area contributed by atoms with Crippen LogP contribution in [0.5, 0.6) is 0 Å². The Morgan fingerprint density at radius 2 is 2.00 bits per heavy atom. The van der Waals surface area contributed by atoms with Crippen molar-refractivity contribution in [2.24, 2.45) is 17.8 Å². The summed E-state index contributed by atoms with van der Waals surface area (Å²) in [5.74, 6) is 2.37. The fraction of sp³-hybridized carbons (Fsp3) is 0.385. The van der Waals surface area contributed by atoms with Crippen molar-refractivity contribution >= 4 is 0 Å². The van der Waals surface area contributed by atoms with Gasteiger partial charge >= 0.3 is 0 Å². The monoisotopic (exact) mass is 170 g/mol. The van der Waals surface area contributed by atoms with Crippen LogP contribution in [0.3, 0.4) is 0 Å². The van der Waals surface area contributed by atoms with E-state index in [0.717, 1.165) is 17.8 Å². The van der Waals surface area contributed by atoms with Crippen LogP contribution in [-0.2, 0) is 0 Å². The summed E-state index contributed by atoms with van der Waals surface area (Å²) in [5, 5.41) is 0. The first-order valence-electron chi connectivity index (χ1n) is 5.17. The van der Waals surface area contributed by atoms with Crippen molar-refractivity contribution in [3.63, 3.8) is 0 Å². The average molecular weight is 170 g/mol. The summed E-state index contributed by atoms with van der Waals surface area (Å²) in [4.78, 5) is 0. The summed E-state index contributed by atoms with van der Waals surface area (Å²) in [6.45, 7) is 0. The maximum Gasteiger partial charge on any atom is 0.00579 e. The summed E-state index contributed by atoms with van der Waals surface area (Å²) in [6.07, 6.45) is 18.8. The molecule has 0 radical (unpaired) electrons. The van der Waals surface area contributed by atoms with Crippen LogP contribution in [0.15, 0.2) is 48.1 Å². The van der Waals surface area contributed by atoms with E-state index < -0.39 is 0 Å². The molecule has 0 N–H and O–H groups in total. The first-order valence-corrected chi connectivity index (χ1v) is 5.17. The summed E-state index contributed by atoms with van der Waals surface area (Å²) < 4.78 is 0. The van der Waals surface area contributed by atoms with Crippen LogP contribution in [0.2, 0.25) is 0 Å². The van der Waals surface area contributed by atoms with Gasteiger partial charge in [0.05, 0.1) is 0 Å². The summed E-state index contributed by atoms with van der Waals surface area (Å²) in [7, 11) is 0. The van der Waals surface area contributed by atoms with Gasteiger partial charge in [-0.1, -0.05) is 42.5 Å². The molecule has 3 rings (SSSR count). The summed E-state index contributed by atoms with van der Waals surface area (Å²) in [6, 6.07) is 0. The molecule has 0 aromatic carbocycles. The van der Waals surface area contributed by atoms with Gasteiger partial charge in [0.1, 0.15) is 0 Å². The third-order valence-electron chi connectivity index (χ3n) is 3.52. The van der Waals surface area contributed by atoms with Crippen molar-refractivity contribution in [2.45, 2.75) is 12.8 Å². The van der Waals surface area contributed by atoms with E-state index in [1.54, 1.807) is 0 Å². The molecule has 3 atom stereocenters.